The van der Waals surface area contributed by atoms with E-state index in [4.69, 9.17) is 17.0 Å². The maximum absolute atomic E-state index is 14.2. The Bertz CT molecular complexity index is 2080. The molecule has 0 spiro atoms. The minimum Gasteiger partial charge on any atom is -0.488 e. The average Bonchev–Trinajstić information content (AvgIpc) is 3.07. The molecule has 1 fully saturated rings. The lowest BCUT2D eigenvalue weighted by atomic mass is 9.98. The van der Waals surface area contributed by atoms with E-state index in [0.29, 0.717) is 29.3 Å². The Morgan fingerprint density at radius 1 is 0.622 bits per heavy atom. The molecule has 7 rings (SSSR count). The van der Waals surface area contributed by atoms with Gasteiger partial charge in [-0.2, -0.15) is 0 Å². The van der Waals surface area contributed by atoms with Crippen molar-refractivity contribution >= 4 is 68.1 Å². The third kappa shape index (κ3) is 5.15. The van der Waals surface area contributed by atoms with Gasteiger partial charge in [0.1, 0.15) is 17.9 Å². The second kappa shape index (κ2) is 11.8. The number of anilines is 2. The lowest BCUT2D eigenvalue weighted by molar-refractivity contribution is -0.120. The van der Waals surface area contributed by atoms with E-state index in [-0.39, 0.29) is 10.7 Å². The molecule has 6 aromatic carbocycles. The molecule has 45 heavy (non-hydrogen) atoms. The molecule has 0 radical (unpaired) electrons. The number of hydrogen-bond donors (Lipinski definition) is 0. The molecule has 2 amide bonds. The number of nitrogens with zero attached hydrogens (tertiary/aromatic N) is 2. The maximum Gasteiger partial charge on any atom is 0.270 e. The fraction of sp³-hybridized carbons (Fsp3) is 0.0513. The quantitative estimate of drug-likeness (QED) is 0.109. The summed E-state index contributed by atoms with van der Waals surface area (Å²) < 4.78 is 6.56. The topological polar surface area (TPSA) is 49.9 Å². The van der Waals surface area contributed by atoms with E-state index >= 15 is 0 Å². The van der Waals surface area contributed by atoms with Gasteiger partial charge in [0.05, 0.1) is 11.4 Å². The minimum atomic E-state index is -0.493. The molecule has 0 bridgehead atoms. The van der Waals surface area contributed by atoms with Gasteiger partial charge in [0, 0.05) is 11.1 Å². The van der Waals surface area contributed by atoms with E-state index in [9.17, 15) is 9.59 Å². The Labute approximate surface area is 266 Å². The normalized spacial score (nSPS) is 13.5. The molecule has 5 nitrogen and oxygen atoms in total. The van der Waals surface area contributed by atoms with Crippen LogP contribution in [0.15, 0.2) is 139 Å². The van der Waals surface area contributed by atoms with E-state index in [1.54, 1.807) is 30.3 Å². The van der Waals surface area contributed by atoms with Gasteiger partial charge in [0.2, 0.25) is 0 Å². The number of aryl methyl sites for hydroxylation is 1. The van der Waals surface area contributed by atoms with Gasteiger partial charge in [-0.05, 0) is 82.7 Å². The molecule has 1 aliphatic rings. The number of hydrogen-bond acceptors (Lipinski definition) is 4. The lowest BCUT2D eigenvalue weighted by Gasteiger charge is -2.36. The molecule has 6 heteroatoms. The SMILES string of the molecule is Cc1ccc2ccccc2c1COc1ccc2ccccc2c1C=C1C(=O)N(c2ccccc2)C(=S)N(c2ccccc2)C1=O. The molecule has 0 saturated carbocycles. The molecule has 1 saturated heterocycles. The van der Waals surface area contributed by atoms with E-state index in [0.717, 1.165) is 32.7 Å². The number of fused-ring (bicyclic) bond motifs is 2. The first kappa shape index (κ1) is 28.2. The van der Waals surface area contributed by atoms with Crippen molar-refractivity contribution in [3.8, 4) is 5.75 Å². The van der Waals surface area contributed by atoms with Crippen molar-refractivity contribution in [1.82, 2.24) is 0 Å². The van der Waals surface area contributed by atoms with Crippen LogP contribution in [0.4, 0.5) is 11.4 Å². The van der Waals surface area contributed by atoms with Crippen molar-refractivity contribution < 1.29 is 14.3 Å². The van der Waals surface area contributed by atoms with Crippen LogP contribution in [0.25, 0.3) is 27.6 Å². The number of rotatable bonds is 6. The third-order valence-electron chi connectivity index (χ3n) is 8.14. The number of carbonyl (C=O) groups excluding carboxylic acids is 2. The first-order chi connectivity index (χ1) is 22.0. The van der Waals surface area contributed by atoms with Gasteiger partial charge >= 0.3 is 0 Å². The number of benzene rings is 6. The molecule has 0 N–H and O–H groups in total. The molecule has 6 aromatic rings. The number of ether oxygens (including phenoxy) is 1. The summed E-state index contributed by atoms with van der Waals surface area (Å²) in [6.07, 6.45) is 1.66. The molecule has 0 unspecified atom stereocenters. The smallest absolute Gasteiger partial charge is 0.270 e. The van der Waals surface area contributed by atoms with Gasteiger partial charge in [0.15, 0.2) is 5.11 Å². The van der Waals surface area contributed by atoms with Crippen LogP contribution in [0.2, 0.25) is 0 Å². The zero-order chi connectivity index (χ0) is 30.9. The lowest BCUT2D eigenvalue weighted by Crippen LogP contribution is -2.56. The second-order valence-electron chi connectivity index (χ2n) is 10.9. The Hall–Kier alpha value is -5.59. The van der Waals surface area contributed by atoms with Gasteiger partial charge in [-0.25, -0.2) is 0 Å². The van der Waals surface area contributed by atoms with Crippen molar-refractivity contribution in [3.05, 3.63) is 156 Å². The van der Waals surface area contributed by atoms with Crippen molar-refractivity contribution in [2.24, 2.45) is 0 Å². The largest absolute Gasteiger partial charge is 0.488 e. The van der Waals surface area contributed by atoms with Crippen molar-refractivity contribution in [2.75, 3.05) is 9.80 Å². The van der Waals surface area contributed by atoms with Crippen LogP contribution in [0.1, 0.15) is 16.7 Å². The second-order valence-corrected chi connectivity index (χ2v) is 11.2. The summed E-state index contributed by atoms with van der Waals surface area (Å²) in [6.45, 7) is 2.40. The highest BCUT2D eigenvalue weighted by Gasteiger charge is 2.41. The van der Waals surface area contributed by atoms with Crippen LogP contribution < -0.4 is 14.5 Å². The van der Waals surface area contributed by atoms with E-state index in [1.807, 2.05) is 84.9 Å². The Kier molecular flexibility index (Phi) is 7.41. The number of para-hydroxylation sites is 2. The summed E-state index contributed by atoms with van der Waals surface area (Å²) in [5, 5.41) is 4.19. The zero-order valence-corrected chi connectivity index (χ0v) is 25.3. The number of thiocarbonyl (C=S) groups is 1. The molecule has 1 heterocycles. The summed E-state index contributed by atoms with van der Waals surface area (Å²) in [7, 11) is 0. The van der Waals surface area contributed by atoms with E-state index in [2.05, 4.69) is 31.2 Å². The van der Waals surface area contributed by atoms with E-state index < -0.39 is 11.8 Å². The molecule has 0 atom stereocenters. The van der Waals surface area contributed by atoms with Crippen LogP contribution in [-0.2, 0) is 16.2 Å². The van der Waals surface area contributed by atoms with Crippen molar-refractivity contribution in [2.45, 2.75) is 13.5 Å². The van der Waals surface area contributed by atoms with Gasteiger partial charge in [-0.15, -0.1) is 0 Å². The monoisotopic (exact) mass is 604 g/mol. The first-order valence-corrected chi connectivity index (χ1v) is 15.1. The van der Waals surface area contributed by atoms with Crippen LogP contribution in [0.3, 0.4) is 0 Å². The maximum atomic E-state index is 14.2. The van der Waals surface area contributed by atoms with Crippen LogP contribution in [0, 0.1) is 6.92 Å². The predicted octanol–water partition coefficient (Wildman–Crippen LogP) is 8.63. The third-order valence-corrected chi connectivity index (χ3v) is 8.51. The highest BCUT2D eigenvalue weighted by molar-refractivity contribution is 7.81. The van der Waals surface area contributed by atoms with Crippen LogP contribution in [0.5, 0.6) is 5.75 Å². The fourth-order valence-electron chi connectivity index (χ4n) is 5.82. The van der Waals surface area contributed by atoms with Crippen LogP contribution >= 0.6 is 12.2 Å². The highest BCUT2D eigenvalue weighted by atomic mass is 32.1. The predicted molar refractivity (Wildman–Crippen MR) is 185 cm³/mol. The number of amides is 2. The Morgan fingerprint density at radius 3 is 1.76 bits per heavy atom. The molecular weight excluding hydrogens is 577 g/mol. The van der Waals surface area contributed by atoms with Gasteiger partial charge < -0.3 is 4.74 Å². The number of carbonyl (C=O) groups is 2. The summed E-state index contributed by atoms with van der Waals surface area (Å²) in [5.41, 5.74) is 3.99. The van der Waals surface area contributed by atoms with E-state index in [1.165, 1.54) is 9.80 Å². The van der Waals surface area contributed by atoms with Gasteiger partial charge in [0.25, 0.3) is 11.8 Å². The summed E-state index contributed by atoms with van der Waals surface area (Å²) >= 11 is 5.79. The first-order valence-electron chi connectivity index (χ1n) is 14.7. The standard InChI is InChI=1S/C39H28N2O3S/c1-26-20-21-27-12-9-11-19-32(27)35(26)25-44-36-23-22-28-13-8-10-18-31(28)33(36)24-34-37(42)40(29-14-4-2-5-15-29)39(45)41(38(34)43)30-16-6-3-7-17-30/h2-24H,25H2,1H3. The fourth-order valence-corrected chi connectivity index (χ4v) is 6.20. The summed E-state index contributed by atoms with van der Waals surface area (Å²) in [5.74, 6) is -0.417. The molecule has 0 aromatic heterocycles. The minimum absolute atomic E-state index is 0.0150. The highest BCUT2D eigenvalue weighted by Crippen LogP contribution is 2.35. The Balaban J connectivity index is 1.38. The van der Waals surface area contributed by atoms with Gasteiger partial charge in [-0.1, -0.05) is 103 Å². The summed E-state index contributed by atoms with van der Waals surface area (Å²) in [4.78, 5) is 31.3. The molecule has 0 aliphatic carbocycles. The van der Waals surface area contributed by atoms with Crippen molar-refractivity contribution in [1.29, 1.82) is 0 Å². The van der Waals surface area contributed by atoms with Crippen LogP contribution in [-0.4, -0.2) is 16.9 Å². The molecule has 218 valence electrons. The zero-order valence-electron chi connectivity index (χ0n) is 24.5. The van der Waals surface area contributed by atoms with Gasteiger partial charge in [-0.3, -0.25) is 19.4 Å². The van der Waals surface area contributed by atoms with Crippen molar-refractivity contribution in [3.63, 3.8) is 0 Å². The average molecular weight is 605 g/mol. The molecule has 1 aliphatic heterocycles. The molecular formula is C39H28N2O3S. The Morgan fingerprint density at radius 2 is 1.13 bits per heavy atom. The summed E-state index contributed by atoms with van der Waals surface area (Å²) in [6, 6.07) is 42.5.